The summed E-state index contributed by atoms with van der Waals surface area (Å²) in [6, 6.07) is 9.36. The van der Waals surface area contributed by atoms with Gasteiger partial charge in [-0.15, -0.1) is 0 Å². The van der Waals surface area contributed by atoms with Crippen molar-refractivity contribution in [2.75, 3.05) is 7.11 Å². The molecular weight excluding hydrogens is 267 g/mol. The van der Waals surface area contributed by atoms with Crippen LogP contribution in [0.4, 0.5) is 4.39 Å². The predicted octanol–water partition coefficient (Wildman–Crippen LogP) is 4.36. The molecule has 0 saturated carbocycles. The minimum atomic E-state index is -0.429. The molecule has 2 nitrogen and oxygen atoms in total. The lowest BCUT2D eigenvalue weighted by Gasteiger charge is -2.11. The van der Waals surface area contributed by atoms with E-state index in [-0.39, 0.29) is 5.78 Å². The van der Waals surface area contributed by atoms with Crippen molar-refractivity contribution in [2.24, 2.45) is 0 Å². The van der Waals surface area contributed by atoms with Crippen LogP contribution >= 0.6 is 11.6 Å². The minimum Gasteiger partial charge on any atom is -0.496 e. The van der Waals surface area contributed by atoms with Crippen molar-refractivity contribution in [3.63, 3.8) is 0 Å². The second kappa shape index (κ2) is 5.41. The lowest BCUT2D eigenvalue weighted by atomic mass is 10.0. The Balaban J connectivity index is 2.58. The van der Waals surface area contributed by atoms with E-state index in [1.807, 2.05) is 0 Å². The summed E-state index contributed by atoms with van der Waals surface area (Å²) >= 11 is 5.73. The van der Waals surface area contributed by atoms with Gasteiger partial charge in [-0.2, -0.15) is 0 Å². The van der Waals surface area contributed by atoms with Gasteiger partial charge in [0.25, 0.3) is 0 Å². The molecule has 19 heavy (non-hydrogen) atoms. The number of benzene rings is 2. The molecule has 0 unspecified atom stereocenters. The van der Waals surface area contributed by atoms with Gasteiger partial charge in [0.1, 0.15) is 11.6 Å². The van der Waals surface area contributed by atoms with Crippen LogP contribution in [-0.2, 0) is 0 Å². The molecular formula is C15H12ClFO2. The number of carbonyl (C=O) groups is 1. The minimum absolute atomic E-state index is 0.0681. The molecule has 0 aromatic heterocycles. The van der Waals surface area contributed by atoms with Crippen LogP contribution in [0.25, 0.3) is 11.1 Å². The van der Waals surface area contributed by atoms with Gasteiger partial charge in [-0.1, -0.05) is 17.7 Å². The van der Waals surface area contributed by atoms with Gasteiger partial charge in [0, 0.05) is 21.7 Å². The molecule has 0 fully saturated rings. The van der Waals surface area contributed by atoms with Gasteiger partial charge < -0.3 is 4.74 Å². The maximum absolute atomic E-state index is 13.9. The Hall–Kier alpha value is -1.87. The van der Waals surface area contributed by atoms with E-state index in [1.165, 1.54) is 20.1 Å². The van der Waals surface area contributed by atoms with Crippen LogP contribution in [0.1, 0.15) is 17.3 Å². The Labute approximate surface area is 115 Å². The molecule has 98 valence electrons. The van der Waals surface area contributed by atoms with E-state index in [1.54, 1.807) is 30.3 Å². The van der Waals surface area contributed by atoms with Gasteiger partial charge in [0.2, 0.25) is 0 Å². The van der Waals surface area contributed by atoms with Crippen molar-refractivity contribution in [1.29, 1.82) is 0 Å². The molecule has 0 heterocycles. The average molecular weight is 279 g/mol. The fourth-order valence-electron chi connectivity index (χ4n) is 1.84. The van der Waals surface area contributed by atoms with Crippen molar-refractivity contribution < 1.29 is 13.9 Å². The Kier molecular flexibility index (Phi) is 3.86. The summed E-state index contributed by atoms with van der Waals surface area (Å²) < 4.78 is 19.1. The summed E-state index contributed by atoms with van der Waals surface area (Å²) in [5.41, 5.74) is 1.49. The summed E-state index contributed by atoms with van der Waals surface area (Å²) in [4.78, 5) is 11.3. The quantitative estimate of drug-likeness (QED) is 0.780. The maximum Gasteiger partial charge on any atom is 0.159 e. The van der Waals surface area contributed by atoms with Crippen molar-refractivity contribution in [3.05, 3.63) is 52.8 Å². The normalized spacial score (nSPS) is 10.3. The van der Waals surface area contributed by atoms with E-state index in [0.717, 1.165) is 0 Å². The third kappa shape index (κ3) is 2.76. The number of hydrogen-bond donors (Lipinski definition) is 0. The standard InChI is InChI=1S/C15H12ClFO2/c1-9(18)10-3-5-13(15(7-10)19-2)12-6-4-11(16)8-14(12)17/h3-8H,1-2H3. The van der Waals surface area contributed by atoms with Crippen molar-refractivity contribution in [2.45, 2.75) is 6.92 Å². The zero-order valence-corrected chi connectivity index (χ0v) is 11.3. The highest BCUT2D eigenvalue weighted by Crippen LogP contribution is 2.33. The lowest BCUT2D eigenvalue weighted by Crippen LogP contribution is -1.96. The molecule has 0 atom stereocenters. The Bertz CT molecular complexity index is 638. The molecule has 2 rings (SSSR count). The zero-order chi connectivity index (χ0) is 14.0. The molecule has 0 saturated heterocycles. The van der Waals surface area contributed by atoms with E-state index in [4.69, 9.17) is 16.3 Å². The molecule has 0 aliphatic heterocycles. The smallest absolute Gasteiger partial charge is 0.159 e. The maximum atomic E-state index is 13.9. The average Bonchev–Trinajstić information content (AvgIpc) is 2.38. The number of carbonyl (C=O) groups excluding carboxylic acids is 1. The first-order valence-electron chi connectivity index (χ1n) is 5.67. The molecule has 2 aromatic rings. The van der Waals surface area contributed by atoms with Crippen LogP contribution in [0.15, 0.2) is 36.4 Å². The predicted molar refractivity (Wildman–Crippen MR) is 73.4 cm³/mol. The van der Waals surface area contributed by atoms with Crippen LogP contribution in [0.2, 0.25) is 5.02 Å². The molecule has 4 heteroatoms. The van der Waals surface area contributed by atoms with Crippen molar-refractivity contribution in [3.8, 4) is 16.9 Å². The number of ketones is 1. The number of methoxy groups -OCH3 is 1. The summed E-state index contributed by atoms with van der Waals surface area (Å²) in [5.74, 6) is -0.0447. The summed E-state index contributed by atoms with van der Waals surface area (Å²) in [6.45, 7) is 1.47. The number of rotatable bonds is 3. The molecule has 0 radical (unpaired) electrons. The van der Waals surface area contributed by atoms with Crippen LogP contribution in [-0.4, -0.2) is 12.9 Å². The second-order valence-corrected chi connectivity index (χ2v) is 4.53. The molecule has 0 aliphatic rings. The Morgan fingerprint density at radius 3 is 2.42 bits per heavy atom. The van der Waals surface area contributed by atoms with Crippen LogP contribution in [0, 0.1) is 5.82 Å². The topological polar surface area (TPSA) is 26.3 Å². The number of Topliss-reactive ketones (excluding diaryl/α,β-unsaturated/α-hetero) is 1. The number of hydrogen-bond acceptors (Lipinski definition) is 2. The van der Waals surface area contributed by atoms with E-state index >= 15 is 0 Å². The third-order valence-electron chi connectivity index (χ3n) is 2.83. The number of ether oxygens (including phenoxy) is 1. The summed E-state index contributed by atoms with van der Waals surface area (Å²) in [5, 5.41) is 0.334. The van der Waals surface area contributed by atoms with Crippen molar-refractivity contribution >= 4 is 17.4 Å². The fourth-order valence-corrected chi connectivity index (χ4v) is 2.00. The molecule has 2 aromatic carbocycles. The van der Waals surface area contributed by atoms with Gasteiger partial charge in [0.05, 0.1) is 7.11 Å². The fraction of sp³-hybridized carbons (Fsp3) is 0.133. The van der Waals surface area contributed by atoms with E-state index in [2.05, 4.69) is 0 Å². The lowest BCUT2D eigenvalue weighted by molar-refractivity contribution is 0.101. The summed E-state index contributed by atoms with van der Waals surface area (Å²) in [7, 11) is 1.48. The SMILES string of the molecule is COc1cc(C(C)=O)ccc1-c1ccc(Cl)cc1F. The van der Waals surface area contributed by atoms with Gasteiger partial charge in [-0.3, -0.25) is 4.79 Å². The number of halogens is 2. The van der Waals surface area contributed by atoms with Crippen LogP contribution < -0.4 is 4.74 Å². The Morgan fingerprint density at radius 2 is 1.84 bits per heavy atom. The van der Waals surface area contributed by atoms with Crippen LogP contribution in [0.3, 0.4) is 0 Å². The van der Waals surface area contributed by atoms with E-state index in [0.29, 0.717) is 27.5 Å². The highest BCUT2D eigenvalue weighted by molar-refractivity contribution is 6.30. The zero-order valence-electron chi connectivity index (χ0n) is 10.5. The highest BCUT2D eigenvalue weighted by atomic mass is 35.5. The van der Waals surface area contributed by atoms with Gasteiger partial charge in [-0.25, -0.2) is 4.39 Å². The summed E-state index contributed by atoms with van der Waals surface area (Å²) in [6.07, 6.45) is 0. The first kappa shape index (κ1) is 13.6. The van der Waals surface area contributed by atoms with Crippen molar-refractivity contribution in [1.82, 2.24) is 0 Å². The molecule has 0 amide bonds. The highest BCUT2D eigenvalue weighted by Gasteiger charge is 2.12. The second-order valence-electron chi connectivity index (χ2n) is 4.10. The van der Waals surface area contributed by atoms with E-state index in [9.17, 15) is 9.18 Å². The molecule has 0 bridgehead atoms. The van der Waals surface area contributed by atoms with Crippen LogP contribution in [0.5, 0.6) is 5.75 Å². The van der Waals surface area contributed by atoms with E-state index < -0.39 is 5.82 Å². The molecule has 0 spiro atoms. The van der Waals surface area contributed by atoms with Gasteiger partial charge in [0.15, 0.2) is 5.78 Å². The third-order valence-corrected chi connectivity index (χ3v) is 3.06. The first-order chi connectivity index (χ1) is 9.02. The largest absolute Gasteiger partial charge is 0.496 e. The van der Waals surface area contributed by atoms with Gasteiger partial charge >= 0.3 is 0 Å². The molecule has 0 aliphatic carbocycles. The Morgan fingerprint density at radius 1 is 1.16 bits per heavy atom. The monoisotopic (exact) mass is 278 g/mol. The first-order valence-corrected chi connectivity index (χ1v) is 6.05. The molecule has 0 N–H and O–H groups in total. The van der Waals surface area contributed by atoms with Gasteiger partial charge in [-0.05, 0) is 37.3 Å².